The third-order valence-corrected chi connectivity index (χ3v) is 4.28. The number of nitrogens with one attached hydrogen (secondary N) is 2. The Hall–Kier alpha value is -3.73. The average molecular weight is 426 g/mol. The molecule has 3 aromatic rings. The van der Waals surface area contributed by atoms with Gasteiger partial charge in [0.15, 0.2) is 5.96 Å². The predicted molar refractivity (Wildman–Crippen MR) is 113 cm³/mol. The molecular formula is C23H21F3N4O. The van der Waals surface area contributed by atoms with E-state index in [1.165, 1.54) is 12.1 Å². The van der Waals surface area contributed by atoms with E-state index in [4.69, 9.17) is 4.42 Å². The fraction of sp³-hybridized carbons (Fsp3) is 0.217. The molecule has 8 heteroatoms. The first-order chi connectivity index (χ1) is 14.8. The standard InChI is InChI=1S/C23H21F3N4O/c1-16-8-10-18(11-9-16)21-30-20(15-31-21)14-29-22(27-2)28-12-4-6-17-5-3-7-19(13-17)23(24,25)26/h3,5,7-11,13,15H,12,14H2,1-2H3,(H2,27,28,29). The zero-order valence-corrected chi connectivity index (χ0v) is 17.0. The summed E-state index contributed by atoms with van der Waals surface area (Å²) in [5.74, 6) is 6.52. The maximum atomic E-state index is 12.8. The molecule has 1 aromatic heterocycles. The highest BCUT2D eigenvalue weighted by Crippen LogP contribution is 2.29. The fourth-order valence-corrected chi connectivity index (χ4v) is 2.66. The van der Waals surface area contributed by atoms with Gasteiger partial charge in [-0.25, -0.2) is 4.98 Å². The van der Waals surface area contributed by atoms with E-state index in [9.17, 15) is 13.2 Å². The molecule has 0 saturated heterocycles. The quantitative estimate of drug-likeness (QED) is 0.369. The molecule has 0 saturated carbocycles. The van der Waals surface area contributed by atoms with Crippen LogP contribution in [0.1, 0.15) is 22.4 Å². The van der Waals surface area contributed by atoms with Gasteiger partial charge >= 0.3 is 6.18 Å². The van der Waals surface area contributed by atoms with Gasteiger partial charge in [0.25, 0.3) is 0 Å². The van der Waals surface area contributed by atoms with Crippen molar-refractivity contribution >= 4 is 5.96 Å². The zero-order chi connectivity index (χ0) is 22.3. The van der Waals surface area contributed by atoms with Crippen LogP contribution in [0.2, 0.25) is 0 Å². The molecule has 0 aliphatic carbocycles. The molecule has 0 aliphatic heterocycles. The van der Waals surface area contributed by atoms with Crippen LogP contribution in [0.3, 0.4) is 0 Å². The highest BCUT2D eigenvalue weighted by Gasteiger charge is 2.30. The van der Waals surface area contributed by atoms with E-state index in [-0.39, 0.29) is 6.54 Å². The number of aryl methyl sites for hydroxylation is 1. The topological polar surface area (TPSA) is 62.5 Å². The summed E-state index contributed by atoms with van der Waals surface area (Å²) in [7, 11) is 1.61. The molecular weight excluding hydrogens is 405 g/mol. The smallest absolute Gasteiger partial charge is 0.416 e. The molecule has 0 fully saturated rings. The van der Waals surface area contributed by atoms with Crippen LogP contribution in [-0.2, 0) is 12.7 Å². The Kier molecular flexibility index (Phi) is 6.98. The van der Waals surface area contributed by atoms with Gasteiger partial charge in [-0.1, -0.05) is 35.6 Å². The lowest BCUT2D eigenvalue weighted by Crippen LogP contribution is -2.37. The third kappa shape index (κ3) is 6.37. The lowest BCUT2D eigenvalue weighted by Gasteiger charge is -2.08. The van der Waals surface area contributed by atoms with E-state index in [1.54, 1.807) is 13.3 Å². The number of oxazole rings is 1. The number of benzene rings is 2. The minimum absolute atomic E-state index is 0.212. The van der Waals surface area contributed by atoms with E-state index in [1.807, 2.05) is 31.2 Å². The number of alkyl halides is 3. The van der Waals surface area contributed by atoms with Crippen LogP contribution in [0, 0.1) is 18.8 Å². The number of hydrogen-bond donors (Lipinski definition) is 2. The zero-order valence-electron chi connectivity index (χ0n) is 17.0. The molecule has 2 N–H and O–H groups in total. The molecule has 0 unspecified atom stereocenters. The summed E-state index contributed by atoms with van der Waals surface area (Å²) < 4.78 is 43.8. The molecule has 3 rings (SSSR count). The average Bonchev–Trinajstić information content (AvgIpc) is 3.22. The summed E-state index contributed by atoms with van der Waals surface area (Å²) in [5.41, 5.74) is 2.33. The van der Waals surface area contributed by atoms with E-state index in [0.29, 0.717) is 29.7 Å². The maximum Gasteiger partial charge on any atom is 0.416 e. The van der Waals surface area contributed by atoms with Crippen LogP contribution in [0.15, 0.2) is 64.2 Å². The second-order valence-corrected chi connectivity index (χ2v) is 6.67. The minimum Gasteiger partial charge on any atom is -0.444 e. The van der Waals surface area contributed by atoms with Gasteiger partial charge in [0, 0.05) is 18.2 Å². The van der Waals surface area contributed by atoms with Crippen molar-refractivity contribution in [3.8, 4) is 23.3 Å². The molecule has 0 spiro atoms. The van der Waals surface area contributed by atoms with Gasteiger partial charge in [-0.05, 0) is 37.3 Å². The first kappa shape index (κ1) is 22.0. The highest BCUT2D eigenvalue weighted by molar-refractivity contribution is 5.79. The number of hydrogen-bond acceptors (Lipinski definition) is 3. The molecule has 160 valence electrons. The van der Waals surface area contributed by atoms with Crippen molar-refractivity contribution in [2.24, 2.45) is 4.99 Å². The monoisotopic (exact) mass is 426 g/mol. The van der Waals surface area contributed by atoms with E-state index in [0.717, 1.165) is 23.3 Å². The maximum absolute atomic E-state index is 12.8. The predicted octanol–water partition coefficient (Wildman–Crippen LogP) is 4.39. The molecule has 0 radical (unpaired) electrons. The molecule has 0 amide bonds. The Morgan fingerprint density at radius 1 is 1.13 bits per heavy atom. The molecule has 5 nitrogen and oxygen atoms in total. The Balaban J connectivity index is 1.51. The van der Waals surface area contributed by atoms with E-state index in [2.05, 4.69) is 32.5 Å². The molecule has 0 aliphatic rings. The Bertz CT molecular complexity index is 1110. The van der Waals surface area contributed by atoms with Crippen molar-refractivity contribution in [2.75, 3.05) is 13.6 Å². The second-order valence-electron chi connectivity index (χ2n) is 6.67. The van der Waals surface area contributed by atoms with Crippen molar-refractivity contribution in [1.29, 1.82) is 0 Å². The second kappa shape index (κ2) is 9.85. The van der Waals surface area contributed by atoms with Crippen LogP contribution in [-0.4, -0.2) is 24.5 Å². The molecule has 0 atom stereocenters. The summed E-state index contributed by atoms with van der Waals surface area (Å²) in [6, 6.07) is 12.8. The van der Waals surface area contributed by atoms with Crippen molar-refractivity contribution < 1.29 is 17.6 Å². The Morgan fingerprint density at radius 2 is 1.90 bits per heavy atom. The Labute approximate surface area is 178 Å². The lowest BCUT2D eigenvalue weighted by molar-refractivity contribution is -0.137. The number of halogens is 3. The summed E-state index contributed by atoms with van der Waals surface area (Å²) >= 11 is 0. The van der Waals surface area contributed by atoms with Crippen LogP contribution >= 0.6 is 0 Å². The first-order valence-corrected chi connectivity index (χ1v) is 9.47. The number of nitrogens with zero attached hydrogens (tertiary/aromatic N) is 2. The van der Waals surface area contributed by atoms with Crippen molar-refractivity contribution in [3.63, 3.8) is 0 Å². The van der Waals surface area contributed by atoms with Crippen LogP contribution in [0.5, 0.6) is 0 Å². The van der Waals surface area contributed by atoms with Crippen molar-refractivity contribution in [3.05, 3.63) is 77.2 Å². The minimum atomic E-state index is -4.39. The lowest BCUT2D eigenvalue weighted by atomic mass is 10.1. The van der Waals surface area contributed by atoms with Gasteiger partial charge in [-0.2, -0.15) is 13.2 Å². The van der Waals surface area contributed by atoms with Crippen molar-refractivity contribution in [2.45, 2.75) is 19.6 Å². The summed E-state index contributed by atoms with van der Waals surface area (Å²) in [4.78, 5) is 8.54. The van der Waals surface area contributed by atoms with E-state index >= 15 is 0 Å². The number of guanidine groups is 1. The van der Waals surface area contributed by atoms with Crippen molar-refractivity contribution in [1.82, 2.24) is 15.6 Å². The Morgan fingerprint density at radius 3 is 2.61 bits per heavy atom. The SMILES string of the molecule is CN=C(NCC#Cc1cccc(C(F)(F)F)c1)NCc1coc(-c2ccc(C)cc2)n1. The summed E-state index contributed by atoms with van der Waals surface area (Å²) in [6.07, 6.45) is -2.81. The number of aliphatic imine (C=N–C) groups is 1. The largest absolute Gasteiger partial charge is 0.444 e. The van der Waals surface area contributed by atoms with Gasteiger partial charge in [-0.3, -0.25) is 4.99 Å². The van der Waals surface area contributed by atoms with Crippen LogP contribution in [0.25, 0.3) is 11.5 Å². The highest BCUT2D eigenvalue weighted by atomic mass is 19.4. The first-order valence-electron chi connectivity index (χ1n) is 9.47. The van der Waals surface area contributed by atoms with Gasteiger partial charge < -0.3 is 15.1 Å². The molecule has 31 heavy (non-hydrogen) atoms. The molecule has 0 bridgehead atoms. The van der Waals surface area contributed by atoms with Gasteiger partial charge in [0.2, 0.25) is 5.89 Å². The van der Waals surface area contributed by atoms with Gasteiger partial charge in [0.1, 0.15) is 6.26 Å². The van der Waals surface area contributed by atoms with E-state index < -0.39 is 11.7 Å². The normalized spacial score (nSPS) is 11.6. The molecule has 1 heterocycles. The number of rotatable bonds is 4. The fourth-order valence-electron chi connectivity index (χ4n) is 2.66. The van der Waals surface area contributed by atoms with Gasteiger partial charge in [-0.15, -0.1) is 0 Å². The van der Waals surface area contributed by atoms with Crippen LogP contribution in [0.4, 0.5) is 13.2 Å². The molecule has 2 aromatic carbocycles. The summed E-state index contributed by atoms with van der Waals surface area (Å²) in [6.45, 7) is 2.61. The summed E-state index contributed by atoms with van der Waals surface area (Å²) in [5, 5.41) is 6.07. The number of aromatic nitrogens is 1. The third-order valence-electron chi connectivity index (χ3n) is 4.28. The van der Waals surface area contributed by atoms with Crippen LogP contribution < -0.4 is 10.6 Å². The van der Waals surface area contributed by atoms with Gasteiger partial charge in [0.05, 0.1) is 24.3 Å².